The molecular weight excluding hydrogens is 278 g/mol. The minimum absolute atomic E-state index is 0.147. The predicted octanol–water partition coefficient (Wildman–Crippen LogP) is 0.884. The summed E-state index contributed by atoms with van der Waals surface area (Å²) in [5.41, 5.74) is 6.76. The van der Waals surface area contributed by atoms with Crippen molar-refractivity contribution in [2.75, 3.05) is 18.9 Å². The summed E-state index contributed by atoms with van der Waals surface area (Å²) in [6.07, 6.45) is 2.24. The van der Waals surface area contributed by atoms with Gasteiger partial charge in [0.2, 0.25) is 10.0 Å². The summed E-state index contributed by atoms with van der Waals surface area (Å²) in [6.45, 7) is 0.980. The Bertz CT molecular complexity index is 740. The quantitative estimate of drug-likeness (QED) is 0.819. The van der Waals surface area contributed by atoms with Gasteiger partial charge in [0.25, 0.3) is 0 Å². The molecule has 1 fully saturated rings. The lowest BCUT2D eigenvalue weighted by atomic mass is 10.2. The van der Waals surface area contributed by atoms with E-state index >= 15 is 0 Å². The second-order valence-electron chi connectivity index (χ2n) is 4.73. The molecule has 1 unspecified atom stereocenters. The molecular formula is C13H15N3O3S. The van der Waals surface area contributed by atoms with Crippen LogP contribution in [0, 0.1) is 0 Å². The van der Waals surface area contributed by atoms with Gasteiger partial charge in [-0.25, -0.2) is 13.1 Å². The highest BCUT2D eigenvalue weighted by Gasteiger charge is 2.25. The maximum Gasteiger partial charge on any atom is 0.243 e. The van der Waals surface area contributed by atoms with Crippen molar-refractivity contribution in [2.45, 2.75) is 17.4 Å². The van der Waals surface area contributed by atoms with Crippen LogP contribution in [-0.4, -0.2) is 32.7 Å². The molecule has 0 aliphatic carbocycles. The lowest BCUT2D eigenvalue weighted by Crippen LogP contribution is -2.35. The Balaban J connectivity index is 2.07. The van der Waals surface area contributed by atoms with E-state index in [1.165, 1.54) is 6.07 Å². The van der Waals surface area contributed by atoms with Crippen LogP contribution in [0.2, 0.25) is 0 Å². The molecule has 1 aliphatic rings. The smallest absolute Gasteiger partial charge is 0.243 e. The van der Waals surface area contributed by atoms with Crippen LogP contribution in [0.25, 0.3) is 10.9 Å². The zero-order valence-electron chi connectivity index (χ0n) is 10.7. The first-order chi connectivity index (χ1) is 9.58. The van der Waals surface area contributed by atoms with Gasteiger partial charge in [-0.05, 0) is 30.7 Å². The molecule has 0 amide bonds. The molecule has 2 aromatic rings. The standard InChI is InChI=1S/C13H15N3O3S/c14-11-3-4-12(13-10(11)2-1-6-15-13)20(17,18)16-9-5-7-19-8-9/h1-4,6,9,16H,5,7-8,14H2. The number of nitrogens with zero attached hydrogens (tertiary/aromatic N) is 1. The molecule has 1 saturated heterocycles. The van der Waals surface area contributed by atoms with Crippen molar-refractivity contribution in [1.29, 1.82) is 0 Å². The number of ether oxygens (including phenoxy) is 1. The van der Waals surface area contributed by atoms with Gasteiger partial charge >= 0.3 is 0 Å². The van der Waals surface area contributed by atoms with E-state index in [-0.39, 0.29) is 10.9 Å². The molecule has 0 bridgehead atoms. The van der Waals surface area contributed by atoms with Crippen LogP contribution in [0.15, 0.2) is 35.4 Å². The number of nitrogens with two attached hydrogens (primary N) is 1. The van der Waals surface area contributed by atoms with Crippen molar-refractivity contribution in [3.05, 3.63) is 30.5 Å². The number of nitrogens with one attached hydrogen (secondary N) is 1. The molecule has 6 nitrogen and oxygen atoms in total. The van der Waals surface area contributed by atoms with Crippen molar-refractivity contribution in [3.63, 3.8) is 0 Å². The van der Waals surface area contributed by atoms with E-state index in [2.05, 4.69) is 9.71 Å². The molecule has 3 rings (SSSR count). The molecule has 106 valence electrons. The van der Waals surface area contributed by atoms with Crippen LogP contribution in [-0.2, 0) is 14.8 Å². The van der Waals surface area contributed by atoms with Crippen molar-refractivity contribution in [3.8, 4) is 0 Å². The molecule has 0 saturated carbocycles. The second kappa shape index (κ2) is 5.01. The van der Waals surface area contributed by atoms with Crippen LogP contribution < -0.4 is 10.5 Å². The summed E-state index contributed by atoms with van der Waals surface area (Å²) >= 11 is 0. The number of anilines is 1. The van der Waals surface area contributed by atoms with Crippen molar-refractivity contribution < 1.29 is 13.2 Å². The Morgan fingerprint density at radius 2 is 2.20 bits per heavy atom. The molecule has 0 radical (unpaired) electrons. The second-order valence-corrected chi connectivity index (χ2v) is 6.42. The number of benzene rings is 1. The summed E-state index contributed by atoms with van der Waals surface area (Å²) in [6, 6.07) is 6.38. The summed E-state index contributed by atoms with van der Waals surface area (Å²) in [5.74, 6) is 0. The van der Waals surface area contributed by atoms with E-state index in [0.717, 1.165) is 0 Å². The normalized spacial score (nSPS) is 19.5. The fourth-order valence-electron chi connectivity index (χ4n) is 2.30. The summed E-state index contributed by atoms with van der Waals surface area (Å²) < 4.78 is 32.8. The average Bonchev–Trinajstić information content (AvgIpc) is 2.91. The molecule has 3 N–H and O–H groups in total. The van der Waals surface area contributed by atoms with E-state index in [4.69, 9.17) is 10.5 Å². The van der Waals surface area contributed by atoms with Gasteiger partial charge in [0.05, 0.1) is 12.1 Å². The average molecular weight is 293 g/mol. The van der Waals surface area contributed by atoms with Crippen LogP contribution in [0.1, 0.15) is 6.42 Å². The third kappa shape index (κ3) is 2.35. The van der Waals surface area contributed by atoms with Crippen molar-refractivity contribution >= 4 is 26.6 Å². The molecule has 20 heavy (non-hydrogen) atoms. The number of hydrogen-bond acceptors (Lipinski definition) is 5. The number of rotatable bonds is 3. The van der Waals surface area contributed by atoms with Crippen molar-refractivity contribution in [2.24, 2.45) is 0 Å². The Kier molecular flexibility index (Phi) is 3.33. The van der Waals surface area contributed by atoms with E-state index < -0.39 is 10.0 Å². The van der Waals surface area contributed by atoms with E-state index in [1.54, 1.807) is 24.4 Å². The Hall–Kier alpha value is -1.70. The molecule has 1 aromatic carbocycles. The molecule has 1 atom stereocenters. The fourth-order valence-corrected chi connectivity index (χ4v) is 3.71. The third-order valence-electron chi connectivity index (χ3n) is 3.31. The number of sulfonamides is 1. The number of aromatic nitrogens is 1. The number of pyridine rings is 1. The van der Waals surface area contributed by atoms with Crippen LogP contribution in [0.5, 0.6) is 0 Å². The summed E-state index contributed by atoms with van der Waals surface area (Å²) in [5, 5.41) is 0.637. The molecule has 7 heteroatoms. The molecule has 2 heterocycles. The Labute approximate surface area is 117 Å². The molecule has 1 aromatic heterocycles. The number of hydrogen-bond donors (Lipinski definition) is 2. The van der Waals surface area contributed by atoms with E-state index in [9.17, 15) is 8.42 Å². The predicted molar refractivity (Wildman–Crippen MR) is 75.7 cm³/mol. The maximum atomic E-state index is 12.5. The fraction of sp³-hybridized carbons (Fsp3) is 0.308. The molecule has 0 spiro atoms. The van der Waals surface area contributed by atoms with Gasteiger partial charge in [0, 0.05) is 29.9 Å². The first-order valence-electron chi connectivity index (χ1n) is 6.31. The van der Waals surface area contributed by atoms with Crippen molar-refractivity contribution in [1.82, 2.24) is 9.71 Å². The zero-order chi connectivity index (χ0) is 14.2. The van der Waals surface area contributed by atoms with Gasteiger partial charge in [-0.1, -0.05) is 0 Å². The van der Waals surface area contributed by atoms with E-state index in [0.29, 0.717) is 36.2 Å². The molecule has 1 aliphatic heterocycles. The van der Waals surface area contributed by atoms with Gasteiger partial charge < -0.3 is 10.5 Å². The SMILES string of the molecule is Nc1ccc(S(=O)(=O)NC2CCOC2)c2ncccc12. The highest BCUT2D eigenvalue weighted by molar-refractivity contribution is 7.89. The van der Waals surface area contributed by atoms with E-state index in [1.807, 2.05) is 0 Å². The number of fused-ring (bicyclic) bond motifs is 1. The lowest BCUT2D eigenvalue weighted by molar-refractivity contribution is 0.192. The minimum Gasteiger partial charge on any atom is -0.398 e. The first-order valence-corrected chi connectivity index (χ1v) is 7.79. The van der Waals surface area contributed by atoms with Gasteiger partial charge in [0.15, 0.2) is 0 Å². The Morgan fingerprint density at radius 1 is 1.35 bits per heavy atom. The highest BCUT2D eigenvalue weighted by atomic mass is 32.2. The van der Waals surface area contributed by atoms with Crippen LogP contribution >= 0.6 is 0 Å². The topological polar surface area (TPSA) is 94.3 Å². The first kappa shape index (κ1) is 13.3. The number of nitrogen functional groups attached to an aromatic ring is 1. The largest absolute Gasteiger partial charge is 0.398 e. The van der Waals surface area contributed by atoms with Crippen LogP contribution in [0.4, 0.5) is 5.69 Å². The van der Waals surface area contributed by atoms with Gasteiger partial charge in [0.1, 0.15) is 4.90 Å². The monoisotopic (exact) mass is 293 g/mol. The van der Waals surface area contributed by atoms with Crippen LogP contribution in [0.3, 0.4) is 0 Å². The highest BCUT2D eigenvalue weighted by Crippen LogP contribution is 2.26. The minimum atomic E-state index is -3.64. The van der Waals surface area contributed by atoms with Gasteiger partial charge in [-0.3, -0.25) is 4.98 Å². The Morgan fingerprint density at radius 3 is 2.95 bits per heavy atom. The van der Waals surface area contributed by atoms with Gasteiger partial charge in [-0.2, -0.15) is 0 Å². The lowest BCUT2D eigenvalue weighted by Gasteiger charge is -2.13. The summed E-state index contributed by atoms with van der Waals surface area (Å²) in [4.78, 5) is 4.30. The summed E-state index contributed by atoms with van der Waals surface area (Å²) in [7, 11) is -3.64. The van der Waals surface area contributed by atoms with Gasteiger partial charge in [-0.15, -0.1) is 0 Å². The third-order valence-corrected chi connectivity index (χ3v) is 4.86. The zero-order valence-corrected chi connectivity index (χ0v) is 11.6. The maximum absolute atomic E-state index is 12.5.